The minimum absolute atomic E-state index is 0.348. The summed E-state index contributed by atoms with van der Waals surface area (Å²) in [7, 11) is 0. The van der Waals surface area contributed by atoms with Gasteiger partial charge in [-0.05, 0) is 31.5 Å². The highest BCUT2D eigenvalue weighted by Crippen LogP contribution is 2.18. The third-order valence-corrected chi connectivity index (χ3v) is 2.44. The zero-order valence-corrected chi connectivity index (χ0v) is 10.1. The van der Waals surface area contributed by atoms with E-state index in [1.165, 1.54) is 6.07 Å². The number of halogens is 1. The van der Waals surface area contributed by atoms with E-state index >= 15 is 0 Å². The molecule has 1 rings (SSSR count). The molecule has 1 unspecified atom stereocenters. The fourth-order valence-corrected chi connectivity index (χ4v) is 1.55. The molecule has 94 valence electrons. The third-order valence-electron chi connectivity index (χ3n) is 2.44. The molecule has 0 radical (unpaired) electrons. The Morgan fingerprint density at radius 3 is 3.06 bits per heavy atom. The first-order chi connectivity index (χ1) is 8.69. The van der Waals surface area contributed by atoms with Gasteiger partial charge in [-0.15, -0.1) is 0 Å². The Bertz CT molecular complexity index is 488. The summed E-state index contributed by atoms with van der Waals surface area (Å²) in [5, 5.41) is 15.3. The monoisotopic (exact) mass is 247 g/mol. The van der Waals surface area contributed by atoms with E-state index in [-0.39, 0.29) is 0 Å². The van der Waals surface area contributed by atoms with Gasteiger partial charge in [-0.25, -0.2) is 4.39 Å². The molecule has 0 aliphatic rings. The van der Waals surface area contributed by atoms with Crippen LogP contribution in [0.15, 0.2) is 23.3 Å². The summed E-state index contributed by atoms with van der Waals surface area (Å²) in [6.07, 6.45) is 0.607. The van der Waals surface area contributed by atoms with Gasteiger partial charge in [-0.3, -0.25) is 5.32 Å². The highest BCUT2D eigenvalue weighted by Gasteiger charge is 2.14. The molecule has 0 saturated carbocycles. The quantitative estimate of drug-likeness (QED) is 0.362. The molecule has 1 aromatic rings. The molecule has 1 N–H and O–H groups in total. The molecule has 0 bridgehead atoms. The molecule has 5 nitrogen and oxygen atoms in total. The summed E-state index contributed by atoms with van der Waals surface area (Å²) >= 11 is 0. The maximum absolute atomic E-state index is 13.6. The van der Waals surface area contributed by atoms with Crippen LogP contribution in [0.3, 0.4) is 0 Å². The summed E-state index contributed by atoms with van der Waals surface area (Å²) in [6, 6.07) is 6.01. The van der Waals surface area contributed by atoms with Gasteiger partial charge in [0.25, 0.3) is 0 Å². The molecule has 1 atom stereocenters. The number of rotatable bonds is 6. The zero-order chi connectivity index (χ0) is 13.4. The van der Waals surface area contributed by atoms with Gasteiger partial charge >= 0.3 is 0 Å². The molecule has 0 fully saturated rings. The first-order valence-corrected chi connectivity index (χ1v) is 5.59. The highest BCUT2D eigenvalue weighted by molar-refractivity contribution is 5.30. The van der Waals surface area contributed by atoms with Crippen molar-refractivity contribution < 1.29 is 4.39 Å². The number of aryl methyl sites for hydroxylation is 1. The minimum Gasteiger partial charge on any atom is -0.298 e. The Labute approximate surface area is 105 Å². The molecule has 0 aliphatic carbocycles. The van der Waals surface area contributed by atoms with Crippen molar-refractivity contribution in [3.8, 4) is 6.07 Å². The van der Waals surface area contributed by atoms with Gasteiger partial charge in [0, 0.05) is 17.0 Å². The molecule has 18 heavy (non-hydrogen) atoms. The van der Waals surface area contributed by atoms with Gasteiger partial charge < -0.3 is 0 Å². The maximum atomic E-state index is 13.6. The maximum Gasteiger partial charge on any atom is 0.129 e. The number of hydrogen-bond donors (Lipinski definition) is 1. The molecule has 0 spiro atoms. The topological polar surface area (TPSA) is 84.6 Å². The zero-order valence-electron chi connectivity index (χ0n) is 10.1. The van der Waals surface area contributed by atoms with Crippen molar-refractivity contribution in [3.05, 3.63) is 45.6 Å². The number of nitrogens with one attached hydrogen (secondary N) is 1. The van der Waals surface area contributed by atoms with Crippen LogP contribution in [-0.4, -0.2) is 13.1 Å². The van der Waals surface area contributed by atoms with Crippen LogP contribution < -0.4 is 5.32 Å². The van der Waals surface area contributed by atoms with Crippen molar-refractivity contribution in [2.75, 3.05) is 13.1 Å². The summed E-state index contributed by atoms with van der Waals surface area (Å²) in [4.78, 5) is 2.63. The predicted molar refractivity (Wildman–Crippen MR) is 66.1 cm³/mol. The average molecular weight is 247 g/mol. The fraction of sp³-hybridized carbons (Fsp3) is 0.417. The van der Waals surface area contributed by atoms with E-state index in [9.17, 15) is 4.39 Å². The van der Waals surface area contributed by atoms with Crippen LogP contribution in [-0.2, 0) is 0 Å². The summed E-state index contributed by atoms with van der Waals surface area (Å²) in [5.41, 5.74) is 9.36. The lowest BCUT2D eigenvalue weighted by Crippen LogP contribution is -2.22. The van der Waals surface area contributed by atoms with E-state index in [1.54, 1.807) is 12.1 Å². The highest BCUT2D eigenvalue weighted by atomic mass is 19.1. The van der Waals surface area contributed by atoms with E-state index in [1.807, 2.05) is 13.0 Å². The van der Waals surface area contributed by atoms with Crippen molar-refractivity contribution in [2.45, 2.75) is 19.4 Å². The van der Waals surface area contributed by atoms with Crippen molar-refractivity contribution in [1.29, 1.82) is 5.26 Å². The lowest BCUT2D eigenvalue weighted by atomic mass is 10.0. The van der Waals surface area contributed by atoms with E-state index < -0.39 is 11.9 Å². The Kier molecular flexibility index (Phi) is 5.65. The van der Waals surface area contributed by atoms with Crippen LogP contribution in [0.25, 0.3) is 10.4 Å². The molecule has 0 aliphatic heterocycles. The molecule has 0 heterocycles. The Morgan fingerprint density at radius 1 is 1.61 bits per heavy atom. The summed E-state index contributed by atoms with van der Waals surface area (Å²) in [6.45, 7) is 2.70. The van der Waals surface area contributed by atoms with Crippen LogP contribution >= 0.6 is 0 Å². The Morgan fingerprint density at radius 2 is 2.39 bits per heavy atom. The fourth-order valence-electron chi connectivity index (χ4n) is 1.55. The summed E-state index contributed by atoms with van der Waals surface area (Å²) in [5.74, 6) is -0.394. The Balaban J connectivity index is 2.63. The number of benzene rings is 1. The smallest absolute Gasteiger partial charge is 0.129 e. The first kappa shape index (κ1) is 14.0. The number of nitrogens with zero attached hydrogens (tertiary/aromatic N) is 4. The van der Waals surface area contributed by atoms with Gasteiger partial charge in [0.2, 0.25) is 0 Å². The second-order valence-corrected chi connectivity index (χ2v) is 3.85. The largest absolute Gasteiger partial charge is 0.298 e. The van der Waals surface area contributed by atoms with E-state index in [2.05, 4.69) is 15.3 Å². The molecular weight excluding hydrogens is 233 g/mol. The van der Waals surface area contributed by atoms with Crippen molar-refractivity contribution in [2.24, 2.45) is 5.11 Å². The molecular formula is C12H14FN5. The van der Waals surface area contributed by atoms with E-state index in [0.29, 0.717) is 25.1 Å². The van der Waals surface area contributed by atoms with Gasteiger partial charge in [-0.1, -0.05) is 22.8 Å². The van der Waals surface area contributed by atoms with Crippen LogP contribution in [0.4, 0.5) is 4.39 Å². The van der Waals surface area contributed by atoms with Crippen molar-refractivity contribution in [3.63, 3.8) is 0 Å². The normalized spacial score (nSPS) is 11.4. The van der Waals surface area contributed by atoms with Crippen LogP contribution in [0.1, 0.15) is 23.6 Å². The van der Waals surface area contributed by atoms with Crippen molar-refractivity contribution >= 4 is 0 Å². The second kappa shape index (κ2) is 7.28. The van der Waals surface area contributed by atoms with E-state index in [4.69, 9.17) is 10.8 Å². The second-order valence-electron chi connectivity index (χ2n) is 3.85. The van der Waals surface area contributed by atoms with Crippen LogP contribution in [0.5, 0.6) is 0 Å². The SMILES string of the molecule is Cc1ccc(F)c(C(C#N)NCCCN=[N+]=[N-])c1. The average Bonchev–Trinajstić information content (AvgIpc) is 2.37. The van der Waals surface area contributed by atoms with Gasteiger partial charge in [0.05, 0.1) is 6.07 Å². The number of azide groups is 1. The van der Waals surface area contributed by atoms with Gasteiger partial charge in [0.15, 0.2) is 0 Å². The first-order valence-electron chi connectivity index (χ1n) is 5.59. The standard InChI is InChI=1S/C12H14FN5/c1-9-3-4-11(13)10(7-9)12(8-14)16-5-2-6-17-18-15/h3-4,7,12,16H,2,5-6H2,1H3. The molecule has 6 heteroatoms. The number of nitriles is 1. The third kappa shape index (κ3) is 4.06. The molecule has 0 amide bonds. The van der Waals surface area contributed by atoms with Gasteiger partial charge in [0.1, 0.15) is 11.9 Å². The minimum atomic E-state index is -0.684. The van der Waals surface area contributed by atoms with Crippen LogP contribution in [0, 0.1) is 24.1 Å². The molecule has 0 saturated heterocycles. The number of hydrogen-bond acceptors (Lipinski definition) is 3. The molecule has 0 aromatic heterocycles. The van der Waals surface area contributed by atoms with Crippen molar-refractivity contribution in [1.82, 2.24) is 5.32 Å². The predicted octanol–water partition coefficient (Wildman–Crippen LogP) is 2.99. The lowest BCUT2D eigenvalue weighted by Gasteiger charge is -2.12. The molecule has 1 aromatic carbocycles. The lowest BCUT2D eigenvalue weighted by molar-refractivity contribution is 0.555. The van der Waals surface area contributed by atoms with Gasteiger partial charge in [-0.2, -0.15) is 5.26 Å². The van der Waals surface area contributed by atoms with E-state index in [0.717, 1.165) is 5.56 Å². The summed E-state index contributed by atoms with van der Waals surface area (Å²) < 4.78 is 13.6. The Hall–Kier alpha value is -2.09. The van der Waals surface area contributed by atoms with Crippen LogP contribution in [0.2, 0.25) is 0 Å².